The molecule has 3 rings (SSSR count). The molecule has 0 saturated carbocycles. The summed E-state index contributed by atoms with van der Waals surface area (Å²) in [6.45, 7) is 18.0. The monoisotopic (exact) mass is 438 g/mol. The number of unbranched alkanes of at least 4 members (excludes halogenated alkanes) is 1. The molecule has 0 atom stereocenters. The van der Waals surface area contributed by atoms with Crippen LogP contribution in [0.3, 0.4) is 0 Å². The smallest absolute Gasteiger partial charge is 0.308 e. The predicted octanol–water partition coefficient (Wildman–Crippen LogP) is 5.14. The van der Waals surface area contributed by atoms with Crippen LogP contribution >= 0.6 is 0 Å². The van der Waals surface area contributed by atoms with E-state index in [9.17, 15) is 4.79 Å². The van der Waals surface area contributed by atoms with Gasteiger partial charge in [0, 0.05) is 38.8 Å². The van der Waals surface area contributed by atoms with E-state index >= 15 is 0 Å². The minimum atomic E-state index is -0.292. The second-order valence-corrected chi connectivity index (χ2v) is 9.04. The lowest BCUT2D eigenvalue weighted by molar-refractivity contribution is -0.131. The third kappa shape index (κ3) is 6.04. The van der Waals surface area contributed by atoms with Crippen LogP contribution in [0, 0.1) is 34.6 Å². The van der Waals surface area contributed by atoms with Crippen LogP contribution in [0.25, 0.3) is 0 Å². The summed E-state index contributed by atoms with van der Waals surface area (Å²) in [5.41, 5.74) is 7.01. The van der Waals surface area contributed by atoms with Gasteiger partial charge in [0.15, 0.2) is 0 Å². The number of esters is 1. The Morgan fingerprint density at radius 1 is 0.906 bits per heavy atom. The first-order valence-electron chi connectivity index (χ1n) is 11.7. The Bertz CT molecular complexity index is 946. The van der Waals surface area contributed by atoms with Gasteiger partial charge in [-0.15, -0.1) is 0 Å². The molecule has 2 aromatic rings. The molecule has 5 nitrogen and oxygen atoms in total. The summed E-state index contributed by atoms with van der Waals surface area (Å²) in [6, 6.07) is 8.73. The Kier molecular flexibility index (Phi) is 8.19. The summed E-state index contributed by atoms with van der Waals surface area (Å²) in [7, 11) is 0. The van der Waals surface area contributed by atoms with Crippen molar-refractivity contribution in [1.82, 2.24) is 4.90 Å². The number of anilines is 1. The van der Waals surface area contributed by atoms with Crippen molar-refractivity contribution in [3.05, 3.63) is 52.1 Å². The molecule has 1 aliphatic heterocycles. The second-order valence-electron chi connectivity index (χ2n) is 9.04. The Morgan fingerprint density at radius 3 is 2.28 bits per heavy atom. The minimum absolute atomic E-state index is 0.292. The zero-order chi connectivity index (χ0) is 23.3. The zero-order valence-electron chi connectivity index (χ0n) is 20.6. The summed E-state index contributed by atoms with van der Waals surface area (Å²) in [5, 5.41) is 0. The molecule has 1 aliphatic rings. The molecule has 0 bridgehead atoms. The molecule has 0 aliphatic carbocycles. The van der Waals surface area contributed by atoms with Crippen LogP contribution in [0.2, 0.25) is 0 Å². The third-order valence-electron chi connectivity index (χ3n) is 6.42. The van der Waals surface area contributed by atoms with E-state index < -0.39 is 0 Å². The highest BCUT2D eigenvalue weighted by Gasteiger charge is 2.18. The molecule has 0 N–H and O–H groups in total. The number of rotatable bonds is 8. The van der Waals surface area contributed by atoms with Crippen LogP contribution in [-0.4, -0.2) is 50.2 Å². The number of benzene rings is 2. The fraction of sp³-hybridized carbons (Fsp3) is 0.519. The number of aryl methyl sites for hydroxylation is 3. The molecule has 0 aromatic heterocycles. The van der Waals surface area contributed by atoms with Gasteiger partial charge in [0.2, 0.25) is 0 Å². The summed E-state index contributed by atoms with van der Waals surface area (Å²) in [5.74, 6) is 1.25. The summed E-state index contributed by atoms with van der Waals surface area (Å²) >= 11 is 0. The van der Waals surface area contributed by atoms with Crippen LogP contribution < -0.4 is 14.4 Å². The Labute approximate surface area is 193 Å². The van der Waals surface area contributed by atoms with Gasteiger partial charge in [-0.25, -0.2) is 0 Å². The molecule has 2 aromatic carbocycles. The van der Waals surface area contributed by atoms with Gasteiger partial charge in [-0.2, -0.15) is 0 Å². The van der Waals surface area contributed by atoms with E-state index in [1.54, 1.807) is 0 Å². The van der Waals surface area contributed by atoms with E-state index in [0.29, 0.717) is 12.4 Å². The summed E-state index contributed by atoms with van der Waals surface area (Å²) in [4.78, 5) is 16.4. The number of hydrogen-bond acceptors (Lipinski definition) is 5. The number of piperazine rings is 1. The SMILES string of the molecule is CC(=O)Oc1c(C)cc(OCCCCN2CCN(c3ccc(C)cc3C)CC2)c(C)c1C. The number of carbonyl (C=O) groups is 1. The lowest BCUT2D eigenvalue weighted by Crippen LogP contribution is -2.46. The van der Waals surface area contributed by atoms with Crippen molar-refractivity contribution in [2.24, 2.45) is 0 Å². The number of carbonyl (C=O) groups excluding carboxylic acids is 1. The van der Waals surface area contributed by atoms with E-state index in [1.165, 1.54) is 23.7 Å². The standard InChI is InChI=1S/C27H38N2O3/c1-19-9-10-25(20(2)17-19)29-14-12-28(13-15-29)11-7-8-16-31-26-18-21(3)27(32-24(6)30)23(5)22(26)4/h9-10,17-18H,7-8,11-16H2,1-6H3. The molecule has 1 saturated heterocycles. The Morgan fingerprint density at radius 2 is 1.62 bits per heavy atom. The van der Waals surface area contributed by atoms with Crippen LogP contribution in [0.15, 0.2) is 24.3 Å². The van der Waals surface area contributed by atoms with E-state index in [4.69, 9.17) is 9.47 Å². The van der Waals surface area contributed by atoms with E-state index in [2.05, 4.69) is 41.8 Å². The largest absolute Gasteiger partial charge is 0.493 e. The fourth-order valence-electron chi connectivity index (χ4n) is 4.46. The molecule has 0 spiro atoms. The van der Waals surface area contributed by atoms with Crippen molar-refractivity contribution in [2.75, 3.05) is 44.2 Å². The molecule has 0 amide bonds. The number of ether oxygens (including phenoxy) is 2. The molecular weight excluding hydrogens is 400 g/mol. The Balaban J connectivity index is 1.41. The van der Waals surface area contributed by atoms with Gasteiger partial charge in [0.25, 0.3) is 0 Å². The van der Waals surface area contributed by atoms with Crippen LogP contribution in [-0.2, 0) is 4.79 Å². The molecule has 0 unspecified atom stereocenters. The van der Waals surface area contributed by atoms with Crippen molar-refractivity contribution < 1.29 is 14.3 Å². The second kappa shape index (κ2) is 10.9. The highest BCUT2D eigenvalue weighted by molar-refractivity contribution is 5.71. The van der Waals surface area contributed by atoms with Crippen molar-refractivity contribution in [2.45, 2.75) is 54.4 Å². The van der Waals surface area contributed by atoms with Crippen LogP contribution in [0.4, 0.5) is 5.69 Å². The van der Waals surface area contributed by atoms with Crippen molar-refractivity contribution in [3.8, 4) is 11.5 Å². The first-order chi connectivity index (χ1) is 15.3. The third-order valence-corrected chi connectivity index (χ3v) is 6.42. The van der Waals surface area contributed by atoms with Gasteiger partial charge in [0.05, 0.1) is 6.61 Å². The van der Waals surface area contributed by atoms with Crippen LogP contribution in [0.5, 0.6) is 11.5 Å². The highest BCUT2D eigenvalue weighted by atomic mass is 16.5. The molecule has 1 heterocycles. The Hall–Kier alpha value is -2.53. The zero-order valence-corrected chi connectivity index (χ0v) is 20.6. The molecule has 0 radical (unpaired) electrons. The lowest BCUT2D eigenvalue weighted by Gasteiger charge is -2.37. The maximum Gasteiger partial charge on any atom is 0.308 e. The maximum atomic E-state index is 11.3. The van der Waals surface area contributed by atoms with Gasteiger partial charge in [0.1, 0.15) is 11.5 Å². The highest BCUT2D eigenvalue weighted by Crippen LogP contribution is 2.33. The molecule has 32 heavy (non-hydrogen) atoms. The van der Waals surface area contributed by atoms with Gasteiger partial charge >= 0.3 is 5.97 Å². The normalized spacial score (nSPS) is 14.5. The topological polar surface area (TPSA) is 42.0 Å². The van der Waals surface area contributed by atoms with E-state index in [-0.39, 0.29) is 5.97 Å². The molecule has 174 valence electrons. The quantitative estimate of drug-likeness (QED) is 0.324. The summed E-state index contributed by atoms with van der Waals surface area (Å²) in [6.07, 6.45) is 2.16. The number of hydrogen-bond donors (Lipinski definition) is 0. The fourth-order valence-corrected chi connectivity index (χ4v) is 4.46. The summed E-state index contributed by atoms with van der Waals surface area (Å²) < 4.78 is 11.4. The average Bonchev–Trinajstić information content (AvgIpc) is 2.75. The van der Waals surface area contributed by atoms with Gasteiger partial charge in [-0.3, -0.25) is 9.69 Å². The van der Waals surface area contributed by atoms with Gasteiger partial charge in [-0.05, 0) is 88.4 Å². The van der Waals surface area contributed by atoms with E-state index in [1.807, 2.05) is 26.8 Å². The van der Waals surface area contributed by atoms with Crippen LogP contribution in [0.1, 0.15) is 47.6 Å². The minimum Gasteiger partial charge on any atom is -0.493 e. The first kappa shape index (κ1) is 24.1. The predicted molar refractivity (Wildman–Crippen MR) is 131 cm³/mol. The lowest BCUT2D eigenvalue weighted by atomic mass is 10.0. The first-order valence-corrected chi connectivity index (χ1v) is 11.7. The van der Waals surface area contributed by atoms with Gasteiger partial charge in [-0.1, -0.05) is 17.7 Å². The van der Waals surface area contributed by atoms with Crippen molar-refractivity contribution >= 4 is 11.7 Å². The molecule has 5 heteroatoms. The van der Waals surface area contributed by atoms with E-state index in [0.717, 1.165) is 68.0 Å². The number of nitrogens with zero attached hydrogens (tertiary/aromatic N) is 2. The van der Waals surface area contributed by atoms with Crippen molar-refractivity contribution in [1.29, 1.82) is 0 Å². The van der Waals surface area contributed by atoms with Crippen molar-refractivity contribution in [3.63, 3.8) is 0 Å². The average molecular weight is 439 g/mol. The van der Waals surface area contributed by atoms with Gasteiger partial charge < -0.3 is 14.4 Å². The molecule has 1 fully saturated rings. The maximum absolute atomic E-state index is 11.3. The molecular formula is C27H38N2O3.